The summed E-state index contributed by atoms with van der Waals surface area (Å²) in [6, 6.07) is 9.83. The van der Waals surface area contributed by atoms with Crippen LogP contribution in [0.4, 0.5) is 17.2 Å². The molecule has 9 nitrogen and oxygen atoms in total. The third kappa shape index (κ3) is 6.66. The van der Waals surface area contributed by atoms with E-state index in [9.17, 15) is 9.59 Å². The maximum absolute atomic E-state index is 13.3. The summed E-state index contributed by atoms with van der Waals surface area (Å²) in [6.45, 7) is 4.19. The van der Waals surface area contributed by atoms with Crippen LogP contribution in [0.1, 0.15) is 37.7 Å². The second-order valence-corrected chi connectivity index (χ2v) is 11.3. The zero-order chi connectivity index (χ0) is 26.5. The van der Waals surface area contributed by atoms with Crippen molar-refractivity contribution < 1.29 is 9.59 Å². The first kappa shape index (κ1) is 26.5. The van der Waals surface area contributed by atoms with Gasteiger partial charge in [0.2, 0.25) is 11.8 Å². The highest BCUT2D eigenvalue weighted by Gasteiger charge is 2.31. The van der Waals surface area contributed by atoms with Crippen molar-refractivity contribution in [3.63, 3.8) is 0 Å². The van der Waals surface area contributed by atoms with E-state index in [0.29, 0.717) is 18.1 Å². The van der Waals surface area contributed by atoms with Crippen LogP contribution in [-0.4, -0.2) is 64.9 Å². The van der Waals surface area contributed by atoms with Crippen molar-refractivity contribution in [3.8, 4) is 0 Å². The molecule has 0 spiro atoms. The second-order valence-electron chi connectivity index (χ2n) is 10.4. The summed E-state index contributed by atoms with van der Waals surface area (Å²) in [7, 11) is 0. The molecule has 3 aliphatic heterocycles. The lowest BCUT2D eigenvalue weighted by Gasteiger charge is -2.37. The molecule has 2 aromatic rings. The van der Waals surface area contributed by atoms with Crippen molar-refractivity contribution in [2.75, 3.05) is 42.5 Å². The number of hydrogen-bond donors (Lipinski definition) is 4. The first-order valence-corrected chi connectivity index (χ1v) is 14.2. The van der Waals surface area contributed by atoms with Gasteiger partial charge in [-0.2, -0.15) is 0 Å². The summed E-state index contributed by atoms with van der Waals surface area (Å²) in [5, 5.41) is 9.76. The van der Waals surface area contributed by atoms with Gasteiger partial charge >= 0.3 is 0 Å². The number of benzene rings is 1. The lowest BCUT2D eigenvalue weighted by atomic mass is 9.93. The Balaban J connectivity index is 1.09. The topological polar surface area (TPSA) is 116 Å². The molecular weight excluding hydrogens is 546 g/mol. The fourth-order valence-electron chi connectivity index (χ4n) is 5.52. The number of nitrogens with one attached hydrogen (secondary N) is 3. The predicted molar refractivity (Wildman–Crippen MR) is 153 cm³/mol. The molecule has 38 heavy (non-hydrogen) atoms. The molecule has 1 aromatic heterocycles. The van der Waals surface area contributed by atoms with Crippen molar-refractivity contribution in [1.29, 1.82) is 0 Å². The molecule has 1 unspecified atom stereocenters. The van der Waals surface area contributed by atoms with Gasteiger partial charge < -0.3 is 26.6 Å². The van der Waals surface area contributed by atoms with Crippen LogP contribution in [-0.2, 0) is 16.1 Å². The summed E-state index contributed by atoms with van der Waals surface area (Å²) >= 11 is 3.52. The number of amides is 2. The third-order valence-electron chi connectivity index (χ3n) is 7.70. The molecule has 5 N–H and O–H groups in total. The molecule has 3 aliphatic rings. The molecule has 2 fully saturated rings. The van der Waals surface area contributed by atoms with Crippen molar-refractivity contribution in [1.82, 2.24) is 20.1 Å². The highest BCUT2D eigenvalue weighted by molar-refractivity contribution is 9.10. The van der Waals surface area contributed by atoms with Gasteiger partial charge in [-0.05, 0) is 87.3 Å². The van der Waals surface area contributed by atoms with Crippen LogP contribution >= 0.6 is 15.9 Å². The zero-order valence-electron chi connectivity index (χ0n) is 21.5. The Hall–Kier alpha value is -3.11. The number of carbonyl (C=O) groups is 2. The Bertz CT molecular complexity index is 1170. The first-order chi connectivity index (χ1) is 18.4. The molecule has 202 valence electrons. The molecule has 1 atom stereocenters. The summed E-state index contributed by atoms with van der Waals surface area (Å²) in [5.41, 5.74) is 8.64. The van der Waals surface area contributed by atoms with Gasteiger partial charge in [-0.15, -0.1) is 0 Å². The molecule has 2 amide bonds. The second kappa shape index (κ2) is 12.2. The molecule has 0 radical (unpaired) electrons. The van der Waals surface area contributed by atoms with Gasteiger partial charge in [-0.3, -0.25) is 14.5 Å². The molecule has 1 aromatic carbocycles. The number of anilines is 3. The van der Waals surface area contributed by atoms with Crippen molar-refractivity contribution in [2.45, 2.75) is 50.7 Å². The van der Waals surface area contributed by atoms with Crippen LogP contribution in [0.5, 0.6) is 0 Å². The van der Waals surface area contributed by atoms with Crippen LogP contribution in [0.25, 0.3) is 0 Å². The van der Waals surface area contributed by atoms with Crippen LogP contribution in [0.3, 0.4) is 0 Å². The van der Waals surface area contributed by atoms with E-state index < -0.39 is 0 Å². The molecule has 2 saturated heterocycles. The SMILES string of the molecule is Nc1cc(CN2CCC(C(=O)N3CCC(Nc4ccc(Br)cc4NC(=O)C4CC=CN4)CC3)CC2)ccn1. The van der Waals surface area contributed by atoms with Crippen LogP contribution in [0.15, 0.2) is 53.3 Å². The number of nitrogens with zero attached hydrogens (tertiary/aromatic N) is 3. The monoisotopic (exact) mass is 581 g/mol. The smallest absolute Gasteiger partial charge is 0.247 e. The number of nitrogen functional groups attached to an aromatic ring is 1. The Kier molecular flexibility index (Phi) is 8.48. The van der Waals surface area contributed by atoms with Gasteiger partial charge in [0, 0.05) is 42.3 Å². The normalized spacial score (nSPS) is 20.8. The molecular formula is C28H36BrN7O2. The number of rotatable bonds is 7. The highest BCUT2D eigenvalue weighted by atomic mass is 79.9. The van der Waals surface area contributed by atoms with Gasteiger partial charge in [0.25, 0.3) is 0 Å². The summed E-state index contributed by atoms with van der Waals surface area (Å²) < 4.78 is 0.909. The third-order valence-corrected chi connectivity index (χ3v) is 8.19. The van der Waals surface area contributed by atoms with Crippen LogP contribution < -0.4 is 21.7 Å². The van der Waals surface area contributed by atoms with Crippen molar-refractivity contribution in [3.05, 3.63) is 58.8 Å². The highest BCUT2D eigenvalue weighted by Crippen LogP contribution is 2.29. The summed E-state index contributed by atoms with van der Waals surface area (Å²) in [6.07, 6.45) is 9.77. The first-order valence-electron chi connectivity index (χ1n) is 13.4. The van der Waals surface area contributed by atoms with Crippen LogP contribution in [0.2, 0.25) is 0 Å². The van der Waals surface area contributed by atoms with E-state index in [1.807, 2.05) is 47.5 Å². The minimum atomic E-state index is -0.239. The minimum Gasteiger partial charge on any atom is -0.384 e. The van der Waals surface area contributed by atoms with Crippen molar-refractivity contribution in [2.24, 2.45) is 5.92 Å². The van der Waals surface area contributed by atoms with Crippen molar-refractivity contribution >= 4 is 44.9 Å². The molecule has 0 bridgehead atoms. The van der Waals surface area contributed by atoms with E-state index >= 15 is 0 Å². The number of halogens is 1. The number of pyridine rings is 1. The number of carbonyl (C=O) groups excluding carboxylic acids is 2. The molecule has 10 heteroatoms. The molecule has 0 saturated carbocycles. The number of nitrogens with two attached hydrogens (primary N) is 1. The zero-order valence-corrected chi connectivity index (χ0v) is 23.1. The van der Waals surface area contributed by atoms with E-state index in [1.54, 1.807) is 6.20 Å². The number of likely N-dealkylation sites (tertiary alicyclic amines) is 2. The fourth-order valence-corrected chi connectivity index (χ4v) is 5.88. The summed E-state index contributed by atoms with van der Waals surface area (Å²) in [4.78, 5) is 34.4. The molecule has 4 heterocycles. The Labute approximate surface area is 232 Å². The summed E-state index contributed by atoms with van der Waals surface area (Å²) in [5.74, 6) is 0.897. The van der Waals surface area contributed by atoms with E-state index in [4.69, 9.17) is 5.73 Å². The van der Waals surface area contributed by atoms with Gasteiger partial charge in [0.15, 0.2) is 0 Å². The van der Waals surface area contributed by atoms with Gasteiger partial charge in [0.05, 0.1) is 11.4 Å². The van der Waals surface area contributed by atoms with Gasteiger partial charge in [0.1, 0.15) is 11.9 Å². The minimum absolute atomic E-state index is 0.0486. The van der Waals surface area contributed by atoms with Gasteiger partial charge in [-0.1, -0.05) is 22.0 Å². The number of piperidine rings is 2. The Morgan fingerprint density at radius 2 is 1.84 bits per heavy atom. The average Bonchev–Trinajstić information content (AvgIpc) is 3.46. The maximum Gasteiger partial charge on any atom is 0.247 e. The van der Waals surface area contributed by atoms with E-state index in [2.05, 4.69) is 41.8 Å². The number of hydrogen-bond acceptors (Lipinski definition) is 7. The largest absolute Gasteiger partial charge is 0.384 e. The lowest BCUT2D eigenvalue weighted by molar-refractivity contribution is -0.138. The molecule has 0 aliphatic carbocycles. The quantitative estimate of drug-likeness (QED) is 0.395. The maximum atomic E-state index is 13.3. The number of aromatic nitrogens is 1. The van der Waals surface area contributed by atoms with Gasteiger partial charge in [-0.25, -0.2) is 4.98 Å². The molecule has 5 rings (SSSR count). The van der Waals surface area contributed by atoms with E-state index in [1.165, 1.54) is 0 Å². The predicted octanol–water partition coefficient (Wildman–Crippen LogP) is 3.56. The lowest BCUT2D eigenvalue weighted by Crippen LogP contribution is -2.47. The Morgan fingerprint density at radius 3 is 2.55 bits per heavy atom. The Morgan fingerprint density at radius 1 is 1.05 bits per heavy atom. The fraction of sp³-hybridized carbons (Fsp3) is 0.464. The van der Waals surface area contributed by atoms with Crippen LogP contribution in [0, 0.1) is 5.92 Å². The van der Waals surface area contributed by atoms with E-state index in [0.717, 1.165) is 79.8 Å². The standard InChI is InChI=1S/C28H36BrN7O2/c29-21-3-4-23(25(17-21)34-27(37)24-2-1-10-31-24)33-22-8-14-36(15-9-22)28(38)20-6-12-35(13-7-20)18-19-5-11-32-26(30)16-19/h1,3-5,10-11,16-17,20,22,24,31,33H,2,6-9,12-15,18H2,(H2,30,32)(H,34,37). The van der Waals surface area contributed by atoms with E-state index in [-0.39, 0.29) is 23.9 Å². The average molecular weight is 583 g/mol.